The topological polar surface area (TPSA) is 12.0 Å². The van der Waals surface area contributed by atoms with Gasteiger partial charge in [0.1, 0.15) is 5.82 Å². The standard InChI is InChI=1S/C16H16F3NS/c1-2-8-20-10-11-4-3-5-14(18)16(11)21-12-6-7-13(17)15(19)9-12/h3-7,9,20H,2,8,10H2,1H3. The predicted molar refractivity (Wildman–Crippen MR) is 78.9 cm³/mol. The molecular formula is C16H16F3NS. The highest BCUT2D eigenvalue weighted by atomic mass is 32.2. The number of hydrogen-bond donors (Lipinski definition) is 1. The van der Waals surface area contributed by atoms with Crippen LogP contribution in [0.2, 0.25) is 0 Å². The highest BCUT2D eigenvalue weighted by molar-refractivity contribution is 7.99. The Kier molecular flexibility index (Phi) is 5.70. The Balaban J connectivity index is 2.23. The van der Waals surface area contributed by atoms with E-state index < -0.39 is 11.6 Å². The van der Waals surface area contributed by atoms with Crippen LogP contribution in [0.1, 0.15) is 18.9 Å². The Morgan fingerprint density at radius 1 is 1.00 bits per heavy atom. The molecule has 0 spiro atoms. The molecule has 2 rings (SSSR count). The van der Waals surface area contributed by atoms with Crippen LogP contribution in [-0.4, -0.2) is 6.54 Å². The molecule has 0 aliphatic heterocycles. The van der Waals surface area contributed by atoms with Crippen molar-refractivity contribution in [2.75, 3.05) is 6.54 Å². The van der Waals surface area contributed by atoms with Gasteiger partial charge in [-0.05, 0) is 42.8 Å². The monoisotopic (exact) mass is 311 g/mol. The molecule has 0 fully saturated rings. The molecule has 1 nitrogen and oxygen atoms in total. The van der Waals surface area contributed by atoms with Gasteiger partial charge in [-0.15, -0.1) is 0 Å². The highest BCUT2D eigenvalue weighted by Gasteiger charge is 2.11. The van der Waals surface area contributed by atoms with Crippen molar-refractivity contribution in [2.24, 2.45) is 0 Å². The maximum absolute atomic E-state index is 14.0. The number of halogens is 3. The van der Waals surface area contributed by atoms with Crippen LogP contribution in [-0.2, 0) is 6.54 Å². The molecule has 1 N–H and O–H groups in total. The first kappa shape index (κ1) is 15.9. The summed E-state index contributed by atoms with van der Waals surface area (Å²) in [6.45, 7) is 3.43. The zero-order valence-corrected chi connectivity index (χ0v) is 12.4. The second-order valence-corrected chi connectivity index (χ2v) is 5.67. The quantitative estimate of drug-likeness (QED) is 0.772. The largest absolute Gasteiger partial charge is 0.313 e. The molecule has 0 aliphatic carbocycles. The third-order valence-electron chi connectivity index (χ3n) is 2.90. The van der Waals surface area contributed by atoms with Gasteiger partial charge in [-0.2, -0.15) is 0 Å². The third-order valence-corrected chi connectivity index (χ3v) is 4.05. The van der Waals surface area contributed by atoms with E-state index in [1.54, 1.807) is 6.07 Å². The van der Waals surface area contributed by atoms with Crippen molar-refractivity contribution in [2.45, 2.75) is 29.7 Å². The van der Waals surface area contributed by atoms with Gasteiger partial charge in [0.2, 0.25) is 0 Å². The molecule has 0 aliphatic rings. The zero-order valence-electron chi connectivity index (χ0n) is 11.6. The van der Waals surface area contributed by atoms with Crippen molar-refractivity contribution in [3.63, 3.8) is 0 Å². The lowest BCUT2D eigenvalue weighted by molar-refractivity contribution is 0.506. The van der Waals surface area contributed by atoms with E-state index in [1.165, 1.54) is 12.1 Å². The van der Waals surface area contributed by atoms with Crippen molar-refractivity contribution >= 4 is 11.8 Å². The van der Waals surface area contributed by atoms with E-state index in [0.29, 0.717) is 16.3 Å². The molecule has 0 unspecified atom stereocenters. The molecule has 21 heavy (non-hydrogen) atoms. The summed E-state index contributed by atoms with van der Waals surface area (Å²) >= 11 is 1.10. The normalized spacial score (nSPS) is 10.9. The second-order valence-electron chi connectivity index (χ2n) is 4.58. The lowest BCUT2D eigenvalue weighted by atomic mass is 10.2. The first-order valence-electron chi connectivity index (χ1n) is 6.73. The molecule has 5 heteroatoms. The molecule has 0 atom stereocenters. The van der Waals surface area contributed by atoms with E-state index in [9.17, 15) is 13.2 Å². The molecule has 0 saturated heterocycles. The summed E-state index contributed by atoms with van der Waals surface area (Å²) in [4.78, 5) is 0.905. The first-order valence-corrected chi connectivity index (χ1v) is 7.54. The Morgan fingerprint density at radius 3 is 2.52 bits per heavy atom. The van der Waals surface area contributed by atoms with Crippen LogP contribution in [0, 0.1) is 17.5 Å². The van der Waals surface area contributed by atoms with Crippen molar-refractivity contribution < 1.29 is 13.2 Å². The van der Waals surface area contributed by atoms with Gasteiger partial charge in [-0.3, -0.25) is 0 Å². The fraction of sp³-hybridized carbons (Fsp3) is 0.250. The van der Waals surface area contributed by atoms with Crippen LogP contribution in [0.5, 0.6) is 0 Å². The SMILES string of the molecule is CCCNCc1cccc(F)c1Sc1ccc(F)c(F)c1. The van der Waals surface area contributed by atoms with Gasteiger partial charge in [0, 0.05) is 11.4 Å². The van der Waals surface area contributed by atoms with Crippen LogP contribution < -0.4 is 5.32 Å². The minimum Gasteiger partial charge on any atom is -0.313 e. The minimum atomic E-state index is -0.929. The second kappa shape index (κ2) is 7.52. The van der Waals surface area contributed by atoms with Crippen LogP contribution in [0.4, 0.5) is 13.2 Å². The van der Waals surface area contributed by atoms with Crippen molar-refractivity contribution in [3.8, 4) is 0 Å². The van der Waals surface area contributed by atoms with Gasteiger partial charge < -0.3 is 5.32 Å². The van der Waals surface area contributed by atoms with Gasteiger partial charge in [0.15, 0.2) is 11.6 Å². The average Bonchev–Trinajstić information content (AvgIpc) is 2.46. The van der Waals surface area contributed by atoms with E-state index in [4.69, 9.17) is 0 Å². The van der Waals surface area contributed by atoms with Crippen molar-refractivity contribution in [1.82, 2.24) is 5.32 Å². The van der Waals surface area contributed by atoms with Crippen molar-refractivity contribution in [1.29, 1.82) is 0 Å². The Hall–Kier alpha value is -1.46. The van der Waals surface area contributed by atoms with Crippen LogP contribution in [0.25, 0.3) is 0 Å². The lowest BCUT2D eigenvalue weighted by Crippen LogP contribution is -2.14. The minimum absolute atomic E-state index is 0.361. The lowest BCUT2D eigenvalue weighted by Gasteiger charge is -2.11. The highest BCUT2D eigenvalue weighted by Crippen LogP contribution is 2.33. The maximum atomic E-state index is 14.0. The Labute approximate surface area is 126 Å². The fourth-order valence-electron chi connectivity index (χ4n) is 1.87. The summed E-state index contributed by atoms with van der Waals surface area (Å²) in [5.41, 5.74) is 0.804. The number of rotatable bonds is 6. The summed E-state index contributed by atoms with van der Waals surface area (Å²) in [5, 5.41) is 3.21. The maximum Gasteiger partial charge on any atom is 0.159 e. The van der Waals surface area contributed by atoms with Gasteiger partial charge in [-0.1, -0.05) is 30.8 Å². The van der Waals surface area contributed by atoms with E-state index in [-0.39, 0.29) is 5.82 Å². The molecule has 2 aromatic carbocycles. The van der Waals surface area contributed by atoms with Crippen LogP contribution in [0.15, 0.2) is 46.2 Å². The molecule has 2 aromatic rings. The first-order chi connectivity index (χ1) is 10.1. The predicted octanol–water partition coefficient (Wildman–Crippen LogP) is 4.75. The van der Waals surface area contributed by atoms with Gasteiger partial charge in [0.25, 0.3) is 0 Å². The van der Waals surface area contributed by atoms with Gasteiger partial charge in [-0.25, -0.2) is 13.2 Å². The summed E-state index contributed by atoms with van der Waals surface area (Å²) in [6.07, 6.45) is 0.987. The van der Waals surface area contributed by atoms with Gasteiger partial charge >= 0.3 is 0 Å². The molecule has 0 bridgehead atoms. The van der Waals surface area contributed by atoms with Crippen LogP contribution >= 0.6 is 11.8 Å². The summed E-state index contributed by atoms with van der Waals surface area (Å²) in [5.74, 6) is -2.19. The van der Waals surface area contributed by atoms with Gasteiger partial charge in [0.05, 0.1) is 4.90 Å². The summed E-state index contributed by atoms with van der Waals surface area (Å²) < 4.78 is 40.2. The number of benzene rings is 2. The number of hydrogen-bond acceptors (Lipinski definition) is 2. The van der Waals surface area contributed by atoms with E-state index >= 15 is 0 Å². The summed E-state index contributed by atoms with van der Waals surface area (Å²) in [6, 6.07) is 8.41. The van der Waals surface area contributed by atoms with Crippen molar-refractivity contribution in [3.05, 3.63) is 59.4 Å². The molecule has 0 saturated carbocycles. The molecule has 0 heterocycles. The molecular weight excluding hydrogens is 295 g/mol. The smallest absolute Gasteiger partial charge is 0.159 e. The third kappa shape index (κ3) is 4.25. The van der Waals surface area contributed by atoms with E-state index in [2.05, 4.69) is 12.2 Å². The van der Waals surface area contributed by atoms with E-state index in [0.717, 1.165) is 42.4 Å². The van der Waals surface area contributed by atoms with Crippen LogP contribution in [0.3, 0.4) is 0 Å². The molecule has 112 valence electrons. The zero-order chi connectivity index (χ0) is 15.2. The Bertz CT molecular complexity index is 616. The average molecular weight is 311 g/mol. The number of nitrogens with one attached hydrogen (secondary N) is 1. The molecule has 0 amide bonds. The summed E-state index contributed by atoms with van der Waals surface area (Å²) in [7, 11) is 0. The Morgan fingerprint density at radius 2 is 1.81 bits per heavy atom. The fourth-order valence-corrected chi connectivity index (χ4v) is 2.84. The molecule has 0 radical (unpaired) electrons. The van der Waals surface area contributed by atoms with E-state index in [1.807, 2.05) is 6.07 Å². The molecule has 0 aromatic heterocycles.